The molecule has 0 aromatic carbocycles. The van der Waals surface area contributed by atoms with E-state index in [4.69, 9.17) is 0 Å². The summed E-state index contributed by atoms with van der Waals surface area (Å²) in [6, 6.07) is -0.0843. The molecule has 1 N–H and O–H groups in total. The molecule has 0 aliphatic rings. The van der Waals surface area contributed by atoms with Crippen LogP contribution in [-0.2, 0) is 19.1 Å². The Bertz CT molecular complexity index is 289. The van der Waals surface area contributed by atoms with Crippen LogP contribution in [0.25, 0.3) is 0 Å². The van der Waals surface area contributed by atoms with Gasteiger partial charge < -0.3 is 15.0 Å². The first-order valence-electron chi connectivity index (χ1n) is 5.49. The number of rotatable bonds is 6. The zero-order valence-electron chi connectivity index (χ0n) is 10.8. The summed E-state index contributed by atoms with van der Waals surface area (Å²) in [5.74, 6) is -0.812. The minimum atomic E-state index is -0.452. The van der Waals surface area contributed by atoms with E-state index < -0.39 is 5.97 Å². The monoisotopic (exact) mass is 244 g/mol. The summed E-state index contributed by atoms with van der Waals surface area (Å²) in [4.78, 5) is 35.0. The van der Waals surface area contributed by atoms with Gasteiger partial charge in [0, 0.05) is 25.9 Å². The first-order chi connectivity index (χ1) is 7.88. The number of hydrogen-bond donors (Lipinski definition) is 1. The molecule has 0 unspecified atom stereocenters. The van der Waals surface area contributed by atoms with Crippen molar-refractivity contribution in [1.29, 1.82) is 0 Å². The van der Waals surface area contributed by atoms with E-state index in [1.807, 2.05) is 13.8 Å². The van der Waals surface area contributed by atoms with Crippen LogP contribution >= 0.6 is 0 Å². The van der Waals surface area contributed by atoms with Gasteiger partial charge in [-0.05, 0) is 13.8 Å². The van der Waals surface area contributed by atoms with Gasteiger partial charge in [0.1, 0.15) is 6.54 Å². The molecule has 0 aromatic heterocycles. The second-order valence-corrected chi connectivity index (χ2v) is 3.92. The Morgan fingerprint density at radius 1 is 1.29 bits per heavy atom. The van der Waals surface area contributed by atoms with Crippen LogP contribution < -0.4 is 5.32 Å². The van der Waals surface area contributed by atoms with Crippen LogP contribution in [0.3, 0.4) is 0 Å². The zero-order chi connectivity index (χ0) is 13.4. The SMILES string of the molecule is COC(=O)CN(C(=O)CCNC(C)=O)C(C)C. The number of amides is 2. The third-order valence-electron chi connectivity index (χ3n) is 2.18. The Kier molecular flexibility index (Phi) is 6.93. The van der Waals surface area contributed by atoms with E-state index in [2.05, 4.69) is 10.1 Å². The normalized spacial score (nSPS) is 9.94. The maximum atomic E-state index is 11.8. The van der Waals surface area contributed by atoms with Crippen LogP contribution in [0, 0.1) is 0 Å². The van der Waals surface area contributed by atoms with Gasteiger partial charge in [0.2, 0.25) is 11.8 Å². The van der Waals surface area contributed by atoms with Crippen molar-refractivity contribution >= 4 is 17.8 Å². The summed E-state index contributed by atoms with van der Waals surface area (Å²) in [6.07, 6.45) is 0.175. The van der Waals surface area contributed by atoms with Crippen molar-refractivity contribution in [3.8, 4) is 0 Å². The summed E-state index contributed by atoms with van der Waals surface area (Å²) >= 11 is 0. The highest BCUT2D eigenvalue weighted by atomic mass is 16.5. The van der Waals surface area contributed by atoms with Crippen LogP contribution in [0.1, 0.15) is 27.2 Å². The van der Waals surface area contributed by atoms with Crippen LogP contribution in [0.2, 0.25) is 0 Å². The minimum absolute atomic E-state index is 0.0624. The van der Waals surface area contributed by atoms with E-state index in [1.165, 1.54) is 18.9 Å². The molecule has 0 atom stereocenters. The maximum absolute atomic E-state index is 11.8. The second-order valence-electron chi connectivity index (χ2n) is 3.92. The molecule has 17 heavy (non-hydrogen) atoms. The lowest BCUT2D eigenvalue weighted by Gasteiger charge is -2.25. The number of methoxy groups -OCH3 is 1. The van der Waals surface area contributed by atoms with Crippen molar-refractivity contribution < 1.29 is 19.1 Å². The topological polar surface area (TPSA) is 75.7 Å². The van der Waals surface area contributed by atoms with Crippen molar-refractivity contribution in [2.45, 2.75) is 33.2 Å². The van der Waals surface area contributed by atoms with Gasteiger partial charge in [0.25, 0.3) is 0 Å². The van der Waals surface area contributed by atoms with E-state index in [0.29, 0.717) is 0 Å². The van der Waals surface area contributed by atoms with E-state index in [0.717, 1.165) is 0 Å². The third kappa shape index (κ3) is 6.55. The molecule has 2 amide bonds. The summed E-state index contributed by atoms with van der Waals surface area (Å²) in [7, 11) is 1.28. The van der Waals surface area contributed by atoms with Crippen molar-refractivity contribution in [2.75, 3.05) is 20.2 Å². The van der Waals surface area contributed by atoms with E-state index in [9.17, 15) is 14.4 Å². The molecule has 0 aliphatic carbocycles. The third-order valence-corrected chi connectivity index (χ3v) is 2.18. The van der Waals surface area contributed by atoms with E-state index in [-0.39, 0.29) is 37.4 Å². The van der Waals surface area contributed by atoms with Crippen LogP contribution in [0.5, 0.6) is 0 Å². The molecule has 0 saturated heterocycles. The molecular formula is C11H20N2O4. The molecule has 0 heterocycles. The fourth-order valence-electron chi connectivity index (χ4n) is 1.25. The molecular weight excluding hydrogens is 224 g/mol. The predicted octanol–water partition coefficient (Wildman–Crippen LogP) is -0.0774. The number of esters is 1. The Morgan fingerprint density at radius 2 is 1.88 bits per heavy atom. The first-order valence-corrected chi connectivity index (χ1v) is 5.49. The number of nitrogens with one attached hydrogen (secondary N) is 1. The lowest BCUT2D eigenvalue weighted by atomic mass is 10.2. The average molecular weight is 244 g/mol. The van der Waals surface area contributed by atoms with Crippen LogP contribution in [0.4, 0.5) is 0 Å². The van der Waals surface area contributed by atoms with Gasteiger partial charge in [-0.1, -0.05) is 0 Å². The predicted molar refractivity (Wildman–Crippen MR) is 62.2 cm³/mol. The van der Waals surface area contributed by atoms with Gasteiger partial charge in [-0.15, -0.1) is 0 Å². The molecule has 0 spiro atoms. The highest BCUT2D eigenvalue weighted by Gasteiger charge is 2.19. The summed E-state index contributed by atoms with van der Waals surface area (Å²) < 4.78 is 4.52. The standard InChI is InChI=1S/C11H20N2O4/c1-8(2)13(7-11(16)17-4)10(15)5-6-12-9(3)14/h8H,5-7H2,1-4H3,(H,12,14). The Hall–Kier alpha value is -1.59. The minimum Gasteiger partial charge on any atom is -0.468 e. The number of carbonyl (C=O) groups excluding carboxylic acids is 3. The van der Waals surface area contributed by atoms with Crippen LogP contribution in [-0.4, -0.2) is 48.9 Å². The molecule has 0 rings (SSSR count). The first kappa shape index (κ1) is 15.4. The van der Waals surface area contributed by atoms with Gasteiger partial charge in [0.15, 0.2) is 0 Å². The van der Waals surface area contributed by atoms with Crippen molar-refractivity contribution in [1.82, 2.24) is 10.2 Å². The summed E-state index contributed by atoms with van der Waals surface area (Å²) in [5, 5.41) is 2.53. The largest absolute Gasteiger partial charge is 0.468 e. The highest BCUT2D eigenvalue weighted by Crippen LogP contribution is 2.01. The average Bonchev–Trinajstić information content (AvgIpc) is 2.24. The molecule has 6 heteroatoms. The van der Waals surface area contributed by atoms with Gasteiger partial charge in [-0.3, -0.25) is 14.4 Å². The number of nitrogens with zero attached hydrogens (tertiary/aromatic N) is 1. The Balaban J connectivity index is 4.25. The maximum Gasteiger partial charge on any atom is 0.325 e. The van der Waals surface area contributed by atoms with E-state index >= 15 is 0 Å². The lowest BCUT2D eigenvalue weighted by molar-refractivity contribution is -0.148. The number of carbonyl (C=O) groups is 3. The quantitative estimate of drug-likeness (QED) is 0.663. The summed E-state index contributed by atoms with van der Waals surface area (Å²) in [6.45, 7) is 5.24. The highest BCUT2D eigenvalue weighted by molar-refractivity contribution is 5.82. The van der Waals surface area contributed by atoms with Gasteiger partial charge >= 0.3 is 5.97 Å². The lowest BCUT2D eigenvalue weighted by Crippen LogP contribution is -2.42. The van der Waals surface area contributed by atoms with Gasteiger partial charge in [-0.25, -0.2) is 0 Å². The van der Waals surface area contributed by atoms with Crippen LogP contribution in [0.15, 0.2) is 0 Å². The Labute approximate surface area is 101 Å². The molecule has 6 nitrogen and oxygen atoms in total. The molecule has 0 aliphatic heterocycles. The fourth-order valence-corrected chi connectivity index (χ4v) is 1.25. The smallest absolute Gasteiger partial charge is 0.325 e. The second kappa shape index (κ2) is 7.65. The molecule has 0 bridgehead atoms. The molecule has 0 radical (unpaired) electrons. The fraction of sp³-hybridized carbons (Fsp3) is 0.727. The van der Waals surface area contributed by atoms with Gasteiger partial charge in [-0.2, -0.15) is 0 Å². The number of ether oxygens (including phenoxy) is 1. The Morgan fingerprint density at radius 3 is 2.29 bits per heavy atom. The number of hydrogen-bond acceptors (Lipinski definition) is 4. The molecule has 0 aromatic rings. The molecule has 0 fully saturated rings. The van der Waals surface area contributed by atoms with E-state index in [1.54, 1.807) is 0 Å². The molecule has 98 valence electrons. The van der Waals surface area contributed by atoms with Gasteiger partial charge in [0.05, 0.1) is 7.11 Å². The van der Waals surface area contributed by atoms with Crippen molar-refractivity contribution in [3.05, 3.63) is 0 Å². The van der Waals surface area contributed by atoms with Crippen molar-refractivity contribution in [2.24, 2.45) is 0 Å². The van der Waals surface area contributed by atoms with Crippen molar-refractivity contribution in [3.63, 3.8) is 0 Å². The molecule has 0 saturated carbocycles. The zero-order valence-corrected chi connectivity index (χ0v) is 10.8. The summed E-state index contributed by atoms with van der Waals surface area (Å²) in [5.41, 5.74) is 0.